The van der Waals surface area contributed by atoms with Gasteiger partial charge < -0.3 is 14.8 Å². The molecular formula is C15H23NO3. The molecule has 1 atom stereocenters. The van der Waals surface area contributed by atoms with Gasteiger partial charge in [-0.3, -0.25) is 0 Å². The second-order valence-electron chi connectivity index (χ2n) is 5.48. The Morgan fingerprint density at radius 2 is 1.89 bits per heavy atom. The van der Waals surface area contributed by atoms with Gasteiger partial charge in [-0.2, -0.15) is 0 Å². The zero-order valence-corrected chi connectivity index (χ0v) is 12.1. The Kier molecular flexibility index (Phi) is 5.83. The number of carbonyl (C=O) groups is 1. The SMILES string of the molecule is C[C@@H](CNC(=O)OCc1ccccc1)OC(C)(C)C. The highest BCUT2D eigenvalue weighted by atomic mass is 16.5. The molecule has 0 fully saturated rings. The Bertz CT molecular complexity index is 384. The second kappa shape index (κ2) is 7.14. The van der Waals surface area contributed by atoms with E-state index in [1.165, 1.54) is 0 Å². The Labute approximate surface area is 115 Å². The lowest BCUT2D eigenvalue weighted by Crippen LogP contribution is -2.36. The van der Waals surface area contributed by atoms with Crippen molar-refractivity contribution in [3.63, 3.8) is 0 Å². The molecule has 0 radical (unpaired) electrons. The van der Waals surface area contributed by atoms with Gasteiger partial charge in [0.1, 0.15) is 6.61 Å². The quantitative estimate of drug-likeness (QED) is 0.889. The fourth-order valence-electron chi connectivity index (χ4n) is 1.65. The normalized spacial score (nSPS) is 12.8. The van der Waals surface area contributed by atoms with Crippen LogP contribution in [0.2, 0.25) is 0 Å². The summed E-state index contributed by atoms with van der Waals surface area (Å²) < 4.78 is 10.8. The van der Waals surface area contributed by atoms with Crippen LogP contribution >= 0.6 is 0 Å². The van der Waals surface area contributed by atoms with Gasteiger partial charge in [0.15, 0.2) is 0 Å². The maximum atomic E-state index is 11.5. The molecule has 106 valence electrons. The van der Waals surface area contributed by atoms with Gasteiger partial charge in [-0.05, 0) is 33.3 Å². The summed E-state index contributed by atoms with van der Waals surface area (Å²) in [6.07, 6.45) is -0.475. The number of alkyl carbamates (subject to hydrolysis) is 1. The third-order valence-corrected chi connectivity index (χ3v) is 2.30. The number of rotatable bonds is 5. The molecule has 1 amide bonds. The molecule has 0 heterocycles. The van der Waals surface area contributed by atoms with Crippen LogP contribution in [0.15, 0.2) is 30.3 Å². The van der Waals surface area contributed by atoms with E-state index in [1.807, 2.05) is 58.0 Å². The number of nitrogens with one attached hydrogen (secondary N) is 1. The minimum Gasteiger partial charge on any atom is -0.445 e. The van der Waals surface area contributed by atoms with Crippen molar-refractivity contribution in [1.82, 2.24) is 5.32 Å². The Hall–Kier alpha value is -1.55. The molecule has 1 rings (SSSR count). The number of amides is 1. The lowest BCUT2D eigenvalue weighted by Gasteiger charge is -2.25. The first-order chi connectivity index (χ1) is 8.87. The third kappa shape index (κ3) is 7.47. The Balaban J connectivity index is 2.21. The molecule has 0 aliphatic carbocycles. The predicted molar refractivity (Wildman–Crippen MR) is 74.9 cm³/mol. The minimum atomic E-state index is -0.423. The fourth-order valence-corrected chi connectivity index (χ4v) is 1.65. The molecule has 4 nitrogen and oxygen atoms in total. The molecule has 0 aliphatic rings. The smallest absolute Gasteiger partial charge is 0.407 e. The zero-order chi connectivity index (χ0) is 14.3. The van der Waals surface area contributed by atoms with Crippen molar-refractivity contribution in [2.24, 2.45) is 0 Å². The average Bonchev–Trinajstić information content (AvgIpc) is 2.33. The van der Waals surface area contributed by atoms with E-state index in [4.69, 9.17) is 9.47 Å². The van der Waals surface area contributed by atoms with Crippen LogP contribution in [0.5, 0.6) is 0 Å². The summed E-state index contributed by atoms with van der Waals surface area (Å²) in [5.41, 5.74) is 0.756. The van der Waals surface area contributed by atoms with Crippen LogP contribution in [0.4, 0.5) is 4.79 Å². The summed E-state index contributed by atoms with van der Waals surface area (Å²) >= 11 is 0. The highest BCUT2D eigenvalue weighted by Gasteiger charge is 2.15. The molecule has 1 aromatic rings. The van der Waals surface area contributed by atoms with Crippen molar-refractivity contribution in [2.75, 3.05) is 6.54 Å². The molecule has 19 heavy (non-hydrogen) atoms. The van der Waals surface area contributed by atoms with Crippen molar-refractivity contribution in [1.29, 1.82) is 0 Å². The zero-order valence-electron chi connectivity index (χ0n) is 12.1. The molecule has 1 aromatic carbocycles. The number of ether oxygens (including phenoxy) is 2. The summed E-state index contributed by atoms with van der Waals surface area (Å²) in [4.78, 5) is 11.5. The maximum Gasteiger partial charge on any atom is 0.407 e. The molecule has 0 aliphatic heterocycles. The molecule has 0 aromatic heterocycles. The minimum absolute atomic E-state index is 0.0516. The van der Waals surface area contributed by atoms with Crippen LogP contribution in [0.25, 0.3) is 0 Å². The molecule has 0 saturated carbocycles. The van der Waals surface area contributed by atoms with Gasteiger partial charge in [0.25, 0.3) is 0 Å². The lowest BCUT2D eigenvalue weighted by molar-refractivity contribution is -0.0497. The van der Waals surface area contributed by atoms with Crippen LogP contribution < -0.4 is 5.32 Å². The van der Waals surface area contributed by atoms with E-state index in [2.05, 4.69) is 5.32 Å². The first kappa shape index (κ1) is 15.5. The number of benzene rings is 1. The molecule has 1 N–H and O–H groups in total. The van der Waals surface area contributed by atoms with Crippen molar-refractivity contribution < 1.29 is 14.3 Å². The highest BCUT2D eigenvalue weighted by Crippen LogP contribution is 2.09. The van der Waals surface area contributed by atoms with Gasteiger partial charge in [-0.1, -0.05) is 30.3 Å². The second-order valence-corrected chi connectivity index (χ2v) is 5.48. The van der Waals surface area contributed by atoms with E-state index in [-0.39, 0.29) is 18.3 Å². The first-order valence-corrected chi connectivity index (χ1v) is 6.49. The third-order valence-electron chi connectivity index (χ3n) is 2.30. The van der Waals surface area contributed by atoms with Gasteiger partial charge in [-0.15, -0.1) is 0 Å². The van der Waals surface area contributed by atoms with Crippen LogP contribution in [0, 0.1) is 0 Å². The lowest BCUT2D eigenvalue weighted by atomic mass is 10.2. The van der Waals surface area contributed by atoms with Gasteiger partial charge >= 0.3 is 6.09 Å². The molecular weight excluding hydrogens is 242 g/mol. The largest absolute Gasteiger partial charge is 0.445 e. The maximum absolute atomic E-state index is 11.5. The molecule has 0 unspecified atom stereocenters. The van der Waals surface area contributed by atoms with Crippen LogP contribution in [-0.4, -0.2) is 24.3 Å². The van der Waals surface area contributed by atoms with E-state index >= 15 is 0 Å². The molecule has 0 bridgehead atoms. The standard InChI is InChI=1S/C15H23NO3/c1-12(19-15(2,3)4)10-16-14(17)18-11-13-8-6-5-7-9-13/h5-9,12H,10-11H2,1-4H3,(H,16,17)/t12-/m0/s1. The number of carbonyl (C=O) groups excluding carboxylic acids is 1. The Morgan fingerprint density at radius 3 is 2.47 bits per heavy atom. The van der Waals surface area contributed by atoms with E-state index in [0.29, 0.717) is 6.54 Å². The van der Waals surface area contributed by atoms with Gasteiger partial charge in [0.05, 0.1) is 11.7 Å². The summed E-state index contributed by atoms with van der Waals surface area (Å²) in [7, 11) is 0. The van der Waals surface area contributed by atoms with Crippen LogP contribution in [-0.2, 0) is 16.1 Å². The highest BCUT2D eigenvalue weighted by molar-refractivity contribution is 5.67. The van der Waals surface area contributed by atoms with Crippen molar-refractivity contribution in [2.45, 2.75) is 46.0 Å². The summed E-state index contributed by atoms with van der Waals surface area (Å²) in [5, 5.41) is 2.69. The molecule has 4 heteroatoms. The fraction of sp³-hybridized carbons (Fsp3) is 0.533. The van der Waals surface area contributed by atoms with Crippen molar-refractivity contribution in [3.8, 4) is 0 Å². The molecule has 0 spiro atoms. The predicted octanol–water partition coefficient (Wildman–Crippen LogP) is 3.12. The van der Waals surface area contributed by atoms with Gasteiger partial charge in [-0.25, -0.2) is 4.79 Å². The number of hydrogen-bond acceptors (Lipinski definition) is 3. The van der Waals surface area contributed by atoms with Gasteiger partial charge in [0, 0.05) is 6.54 Å². The summed E-state index contributed by atoms with van der Waals surface area (Å²) in [5.74, 6) is 0. The summed E-state index contributed by atoms with van der Waals surface area (Å²) in [6.45, 7) is 8.58. The van der Waals surface area contributed by atoms with Crippen LogP contribution in [0.3, 0.4) is 0 Å². The van der Waals surface area contributed by atoms with Crippen LogP contribution in [0.1, 0.15) is 33.3 Å². The topological polar surface area (TPSA) is 47.6 Å². The van der Waals surface area contributed by atoms with E-state index in [1.54, 1.807) is 0 Å². The molecule has 0 saturated heterocycles. The first-order valence-electron chi connectivity index (χ1n) is 6.49. The van der Waals surface area contributed by atoms with Crippen molar-refractivity contribution in [3.05, 3.63) is 35.9 Å². The number of hydrogen-bond donors (Lipinski definition) is 1. The summed E-state index contributed by atoms with van der Waals surface area (Å²) in [6, 6.07) is 9.58. The van der Waals surface area contributed by atoms with E-state index < -0.39 is 6.09 Å². The van der Waals surface area contributed by atoms with Gasteiger partial charge in [0.2, 0.25) is 0 Å². The average molecular weight is 265 g/mol. The van der Waals surface area contributed by atoms with E-state index in [0.717, 1.165) is 5.56 Å². The van der Waals surface area contributed by atoms with E-state index in [9.17, 15) is 4.79 Å². The Morgan fingerprint density at radius 1 is 1.26 bits per heavy atom. The van der Waals surface area contributed by atoms with Crippen molar-refractivity contribution >= 4 is 6.09 Å². The monoisotopic (exact) mass is 265 g/mol.